The lowest BCUT2D eigenvalue weighted by molar-refractivity contribution is -0.129. The minimum Gasteiger partial charge on any atom is -0.488 e. The minimum absolute atomic E-state index is 0.0112. The van der Waals surface area contributed by atoms with Gasteiger partial charge in [0.05, 0.1) is 11.5 Å². The van der Waals surface area contributed by atoms with Crippen LogP contribution in [0, 0.1) is 0 Å². The molecule has 0 radical (unpaired) electrons. The molecule has 0 aromatic heterocycles. The number of ether oxygens (including phenoxy) is 1. The van der Waals surface area contributed by atoms with E-state index in [1.54, 1.807) is 0 Å². The Morgan fingerprint density at radius 2 is 1.42 bits per heavy atom. The normalized spacial score (nSPS) is 15.8. The van der Waals surface area contributed by atoms with Crippen LogP contribution < -0.4 is 15.3 Å². The molecule has 0 aliphatic carbocycles. The van der Waals surface area contributed by atoms with Crippen molar-refractivity contribution in [1.29, 1.82) is 0 Å². The zero-order chi connectivity index (χ0) is 21.5. The number of benzene rings is 3. The highest BCUT2D eigenvalue weighted by atomic mass is 31.2. The fraction of sp³-hybridized carbons (Fsp3) is 0.269. The summed E-state index contributed by atoms with van der Waals surface area (Å²) >= 11 is 0. The molecule has 1 unspecified atom stereocenters. The van der Waals surface area contributed by atoms with Crippen LogP contribution in [0.25, 0.3) is 0 Å². The van der Waals surface area contributed by atoms with E-state index >= 15 is 0 Å². The predicted molar refractivity (Wildman–Crippen MR) is 126 cm³/mol. The fourth-order valence-electron chi connectivity index (χ4n) is 4.03. The molecule has 31 heavy (non-hydrogen) atoms. The van der Waals surface area contributed by atoms with Crippen LogP contribution >= 0.6 is 7.14 Å². The standard InChI is InChI=1S/C26H28NO3P/c28-26(27-18-10-3-11-19-27)21-31(29,23-14-6-2-7-15-23)25-17-9-8-16-24(25)30-20-22-12-4-1-5-13-22/h1-2,4-9,12-17H,3,10-11,18-21H2. The van der Waals surface area contributed by atoms with E-state index in [1.807, 2.05) is 89.8 Å². The topological polar surface area (TPSA) is 46.6 Å². The third kappa shape index (κ3) is 5.08. The Morgan fingerprint density at radius 1 is 0.806 bits per heavy atom. The van der Waals surface area contributed by atoms with Gasteiger partial charge in [-0.05, 0) is 37.0 Å². The quantitative estimate of drug-likeness (QED) is 0.512. The van der Waals surface area contributed by atoms with Crippen LogP contribution in [0.4, 0.5) is 0 Å². The molecule has 1 aliphatic heterocycles. The summed E-state index contributed by atoms with van der Waals surface area (Å²) in [6.45, 7) is 1.88. The number of carbonyl (C=O) groups is 1. The van der Waals surface area contributed by atoms with E-state index in [2.05, 4.69) is 0 Å². The Kier molecular flexibility index (Phi) is 6.89. The average Bonchev–Trinajstić information content (AvgIpc) is 2.84. The monoisotopic (exact) mass is 433 g/mol. The van der Waals surface area contributed by atoms with Crippen molar-refractivity contribution in [2.24, 2.45) is 0 Å². The number of amides is 1. The number of hydrogen-bond donors (Lipinski definition) is 0. The van der Waals surface area contributed by atoms with Gasteiger partial charge in [0.25, 0.3) is 0 Å². The van der Waals surface area contributed by atoms with Gasteiger partial charge in [-0.1, -0.05) is 72.8 Å². The Bertz CT molecular complexity index is 1050. The molecule has 4 rings (SSSR count). The Labute approximate surface area is 184 Å². The molecule has 4 nitrogen and oxygen atoms in total. The van der Waals surface area contributed by atoms with Crippen molar-refractivity contribution in [2.75, 3.05) is 19.3 Å². The lowest BCUT2D eigenvalue weighted by Crippen LogP contribution is -2.39. The summed E-state index contributed by atoms with van der Waals surface area (Å²) < 4.78 is 20.7. The molecule has 1 saturated heterocycles. The predicted octanol–water partition coefficient (Wildman–Crippen LogP) is 4.59. The van der Waals surface area contributed by atoms with Crippen LogP contribution in [-0.4, -0.2) is 30.1 Å². The largest absolute Gasteiger partial charge is 0.488 e. The third-order valence-electron chi connectivity index (χ3n) is 5.73. The Morgan fingerprint density at radius 3 is 2.13 bits per heavy atom. The Balaban J connectivity index is 1.67. The second kappa shape index (κ2) is 9.98. The van der Waals surface area contributed by atoms with Crippen LogP contribution in [-0.2, 0) is 16.0 Å². The summed E-state index contributed by atoms with van der Waals surface area (Å²) in [6, 6.07) is 26.7. The molecule has 5 heteroatoms. The van der Waals surface area contributed by atoms with Crippen LogP contribution in [0.5, 0.6) is 5.75 Å². The van der Waals surface area contributed by atoms with E-state index < -0.39 is 7.14 Å². The number of hydrogen-bond acceptors (Lipinski definition) is 3. The minimum atomic E-state index is -3.22. The van der Waals surface area contributed by atoms with Crippen molar-refractivity contribution >= 4 is 23.7 Å². The van der Waals surface area contributed by atoms with Crippen LogP contribution in [0.2, 0.25) is 0 Å². The van der Waals surface area contributed by atoms with E-state index in [4.69, 9.17) is 4.74 Å². The number of rotatable bonds is 7. The molecule has 1 aliphatic rings. The van der Waals surface area contributed by atoms with Gasteiger partial charge in [0, 0.05) is 18.4 Å². The van der Waals surface area contributed by atoms with Crippen molar-refractivity contribution < 1.29 is 14.1 Å². The van der Waals surface area contributed by atoms with Gasteiger partial charge in [0.2, 0.25) is 5.91 Å². The lowest BCUT2D eigenvalue weighted by atomic mass is 10.1. The molecule has 1 atom stereocenters. The maximum atomic E-state index is 14.6. The highest BCUT2D eigenvalue weighted by Crippen LogP contribution is 2.46. The maximum absolute atomic E-state index is 14.6. The molecule has 1 amide bonds. The number of likely N-dealkylation sites (tertiary alicyclic amines) is 1. The van der Waals surface area contributed by atoms with Gasteiger partial charge < -0.3 is 14.2 Å². The van der Waals surface area contributed by atoms with Gasteiger partial charge in [-0.15, -0.1) is 0 Å². The van der Waals surface area contributed by atoms with E-state index in [9.17, 15) is 9.36 Å². The molecule has 160 valence electrons. The second-order valence-electron chi connectivity index (χ2n) is 7.92. The summed E-state index contributed by atoms with van der Waals surface area (Å²) in [5.41, 5.74) is 1.04. The van der Waals surface area contributed by atoms with Crippen LogP contribution in [0.15, 0.2) is 84.9 Å². The Hall–Kier alpha value is -2.84. The van der Waals surface area contributed by atoms with Gasteiger partial charge in [-0.2, -0.15) is 0 Å². The SMILES string of the molecule is O=C(CP(=O)(c1ccccc1)c1ccccc1OCc1ccccc1)N1CCCCC1. The van der Waals surface area contributed by atoms with Gasteiger partial charge in [0.15, 0.2) is 7.14 Å². The van der Waals surface area contributed by atoms with Crippen LogP contribution in [0.1, 0.15) is 24.8 Å². The summed E-state index contributed by atoms with van der Waals surface area (Å²) in [7, 11) is -3.22. The summed E-state index contributed by atoms with van der Waals surface area (Å²) in [6.07, 6.45) is 3.16. The highest BCUT2D eigenvalue weighted by Gasteiger charge is 2.35. The summed E-state index contributed by atoms with van der Waals surface area (Å²) in [5.74, 6) is 0.537. The van der Waals surface area contributed by atoms with Gasteiger partial charge in [0.1, 0.15) is 12.4 Å². The first-order valence-electron chi connectivity index (χ1n) is 10.9. The van der Waals surface area contributed by atoms with Gasteiger partial charge in [-0.3, -0.25) is 4.79 Å². The number of piperidine rings is 1. The van der Waals surface area contributed by atoms with Crippen molar-refractivity contribution in [3.63, 3.8) is 0 Å². The zero-order valence-electron chi connectivity index (χ0n) is 17.7. The molecule has 0 saturated carbocycles. The zero-order valence-corrected chi connectivity index (χ0v) is 18.5. The summed E-state index contributed by atoms with van der Waals surface area (Å²) in [4.78, 5) is 15.0. The third-order valence-corrected chi connectivity index (χ3v) is 8.73. The van der Waals surface area contributed by atoms with Crippen LogP contribution in [0.3, 0.4) is 0 Å². The van der Waals surface area contributed by atoms with E-state index in [0.717, 1.165) is 37.9 Å². The molecular formula is C26H28NO3P. The van der Waals surface area contributed by atoms with Crippen molar-refractivity contribution in [2.45, 2.75) is 25.9 Å². The second-order valence-corrected chi connectivity index (χ2v) is 10.7. The first-order chi connectivity index (χ1) is 15.2. The molecule has 1 heterocycles. The average molecular weight is 433 g/mol. The molecule has 0 N–H and O–H groups in total. The van der Waals surface area contributed by atoms with Crippen molar-refractivity contribution in [3.8, 4) is 5.75 Å². The summed E-state index contributed by atoms with van der Waals surface area (Å²) in [5, 5.41) is 1.30. The fourth-order valence-corrected chi connectivity index (χ4v) is 6.72. The number of nitrogens with zero attached hydrogens (tertiary/aromatic N) is 1. The first-order valence-corrected chi connectivity index (χ1v) is 12.7. The van der Waals surface area contributed by atoms with E-state index in [0.29, 0.717) is 23.0 Å². The molecule has 3 aromatic rings. The molecular weight excluding hydrogens is 405 g/mol. The first kappa shape index (κ1) is 21.4. The smallest absolute Gasteiger partial charge is 0.230 e. The van der Waals surface area contributed by atoms with E-state index in [-0.39, 0.29) is 12.1 Å². The van der Waals surface area contributed by atoms with Gasteiger partial charge in [-0.25, -0.2) is 0 Å². The number of para-hydroxylation sites is 1. The van der Waals surface area contributed by atoms with Gasteiger partial charge >= 0.3 is 0 Å². The molecule has 3 aromatic carbocycles. The molecule has 1 fully saturated rings. The molecule has 0 spiro atoms. The molecule has 0 bridgehead atoms. The lowest BCUT2D eigenvalue weighted by Gasteiger charge is -2.29. The van der Waals surface area contributed by atoms with E-state index in [1.165, 1.54) is 0 Å². The highest BCUT2D eigenvalue weighted by molar-refractivity contribution is 7.79. The van der Waals surface area contributed by atoms with Crippen molar-refractivity contribution in [3.05, 3.63) is 90.5 Å². The maximum Gasteiger partial charge on any atom is 0.230 e. The van der Waals surface area contributed by atoms with Crippen molar-refractivity contribution in [1.82, 2.24) is 4.90 Å². The number of carbonyl (C=O) groups excluding carboxylic acids is 1.